The average molecular weight is 296 g/mol. The van der Waals surface area contributed by atoms with E-state index in [0.717, 1.165) is 5.56 Å². The van der Waals surface area contributed by atoms with Gasteiger partial charge in [0.1, 0.15) is 0 Å². The Morgan fingerprint density at radius 1 is 1.25 bits per heavy atom. The van der Waals surface area contributed by atoms with Crippen molar-refractivity contribution < 1.29 is 14.1 Å². The standard InChI is InChI=1S/C14H11ClFNO3/c1-9-2-4-11(16)14(6-9)20-13-5-3-10(8-15)7-12(13)17(18)19/h2-7H,8H2,1H3. The Morgan fingerprint density at radius 2 is 2.00 bits per heavy atom. The number of nitrogens with zero attached hydrogens (tertiary/aromatic N) is 1. The second-order valence-corrected chi connectivity index (χ2v) is 4.50. The van der Waals surface area contributed by atoms with Crippen LogP contribution < -0.4 is 4.74 Å². The first-order valence-electron chi connectivity index (χ1n) is 5.78. The summed E-state index contributed by atoms with van der Waals surface area (Å²) >= 11 is 5.64. The van der Waals surface area contributed by atoms with E-state index in [2.05, 4.69) is 0 Å². The fourth-order valence-corrected chi connectivity index (χ4v) is 1.85. The highest BCUT2D eigenvalue weighted by Crippen LogP contribution is 2.33. The fourth-order valence-electron chi connectivity index (χ4n) is 1.68. The van der Waals surface area contributed by atoms with Crippen LogP contribution in [0, 0.1) is 22.9 Å². The van der Waals surface area contributed by atoms with Crippen molar-refractivity contribution in [1.82, 2.24) is 0 Å². The molecule has 0 amide bonds. The molecule has 0 unspecified atom stereocenters. The summed E-state index contributed by atoms with van der Waals surface area (Å²) < 4.78 is 18.9. The van der Waals surface area contributed by atoms with Crippen LogP contribution in [-0.2, 0) is 5.88 Å². The van der Waals surface area contributed by atoms with Gasteiger partial charge in [-0.2, -0.15) is 0 Å². The highest BCUT2D eigenvalue weighted by molar-refractivity contribution is 6.17. The van der Waals surface area contributed by atoms with Gasteiger partial charge >= 0.3 is 5.69 Å². The summed E-state index contributed by atoms with van der Waals surface area (Å²) in [5.74, 6) is -0.494. The third-order valence-electron chi connectivity index (χ3n) is 2.68. The Balaban J connectivity index is 2.42. The van der Waals surface area contributed by atoms with E-state index in [1.807, 2.05) is 0 Å². The first-order chi connectivity index (χ1) is 9.51. The number of aryl methyl sites for hydroxylation is 1. The SMILES string of the molecule is Cc1ccc(F)c(Oc2ccc(CCl)cc2[N+](=O)[O-])c1. The molecule has 0 aliphatic rings. The molecule has 104 valence electrons. The molecule has 0 bridgehead atoms. The van der Waals surface area contributed by atoms with Gasteiger partial charge < -0.3 is 4.74 Å². The van der Waals surface area contributed by atoms with Crippen LogP contribution in [0.15, 0.2) is 36.4 Å². The van der Waals surface area contributed by atoms with Crippen molar-refractivity contribution in [3.8, 4) is 11.5 Å². The van der Waals surface area contributed by atoms with Crippen molar-refractivity contribution in [1.29, 1.82) is 0 Å². The summed E-state index contributed by atoms with van der Waals surface area (Å²) in [5.41, 5.74) is 1.14. The van der Waals surface area contributed by atoms with Crippen molar-refractivity contribution in [3.05, 3.63) is 63.5 Å². The third kappa shape index (κ3) is 3.05. The van der Waals surface area contributed by atoms with E-state index in [9.17, 15) is 14.5 Å². The monoisotopic (exact) mass is 295 g/mol. The van der Waals surface area contributed by atoms with Crippen LogP contribution >= 0.6 is 11.6 Å². The molecule has 0 aromatic heterocycles. The van der Waals surface area contributed by atoms with Gasteiger partial charge in [0.15, 0.2) is 11.6 Å². The summed E-state index contributed by atoms with van der Waals surface area (Å²) in [5, 5.41) is 11.0. The second kappa shape index (κ2) is 5.88. The van der Waals surface area contributed by atoms with Crippen LogP contribution in [0.2, 0.25) is 0 Å². The van der Waals surface area contributed by atoms with Gasteiger partial charge in [-0.15, -0.1) is 11.6 Å². The van der Waals surface area contributed by atoms with E-state index in [1.54, 1.807) is 19.1 Å². The van der Waals surface area contributed by atoms with Gasteiger partial charge in [-0.05, 0) is 36.2 Å². The maximum absolute atomic E-state index is 13.6. The van der Waals surface area contributed by atoms with Crippen molar-refractivity contribution in [2.24, 2.45) is 0 Å². The van der Waals surface area contributed by atoms with Crippen LogP contribution in [0.1, 0.15) is 11.1 Å². The molecule has 0 radical (unpaired) electrons. The van der Waals surface area contributed by atoms with E-state index in [1.165, 1.54) is 24.3 Å². The molecule has 2 aromatic rings. The minimum absolute atomic E-state index is 0.0200. The van der Waals surface area contributed by atoms with Gasteiger partial charge in [0.05, 0.1) is 4.92 Å². The highest BCUT2D eigenvalue weighted by Gasteiger charge is 2.18. The van der Waals surface area contributed by atoms with Crippen molar-refractivity contribution >= 4 is 17.3 Å². The lowest BCUT2D eigenvalue weighted by Crippen LogP contribution is -1.96. The molecule has 0 atom stereocenters. The van der Waals surface area contributed by atoms with E-state index in [-0.39, 0.29) is 23.1 Å². The molecule has 0 spiro atoms. The minimum Gasteiger partial charge on any atom is -0.447 e. The molecule has 0 fully saturated rings. The predicted molar refractivity (Wildman–Crippen MR) is 73.9 cm³/mol. The predicted octanol–water partition coefficient (Wildman–Crippen LogP) is 4.57. The molecule has 0 heterocycles. The largest absolute Gasteiger partial charge is 0.447 e. The Bertz CT molecular complexity index is 661. The smallest absolute Gasteiger partial charge is 0.311 e. The first-order valence-corrected chi connectivity index (χ1v) is 6.32. The quantitative estimate of drug-likeness (QED) is 0.471. The minimum atomic E-state index is -0.584. The lowest BCUT2D eigenvalue weighted by Gasteiger charge is -2.08. The summed E-state index contributed by atoms with van der Waals surface area (Å²) in [6, 6.07) is 8.65. The normalized spacial score (nSPS) is 10.3. The zero-order valence-corrected chi connectivity index (χ0v) is 11.4. The van der Waals surface area contributed by atoms with Gasteiger partial charge in [-0.1, -0.05) is 12.1 Å². The summed E-state index contributed by atoms with van der Waals surface area (Å²) in [4.78, 5) is 10.4. The molecule has 6 heteroatoms. The first kappa shape index (κ1) is 14.3. The van der Waals surface area contributed by atoms with Crippen molar-refractivity contribution in [3.63, 3.8) is 0 Å². The Kier molecular flexibility index (Phi) is 4.20. The van der Waals surface area contributed by atoms with Gasteiger partial charge in [0, 0.05) is 11.9 Å². The van der Waals surface area contributed by atoms with Crippen LogP contribution in [0.3, 0.4) is 0 Å². The molecule has 2 aromatic carbocycles. The number of benzene rings is 2. The van der Waals surface area contributed by atoms with Crippen molar-refractivity contribution in [2.75, 3.05) is 0 Å². The van der Waals surface area contributed by atoms with Crippen LogP contribution in [-0.4, -0.2) is 4.92 Å². The van der Waals surface area contributed by atoms with E-state index < -0.39 is 10.7 Å². The summed E-state index contributed by atoms with van der Waals surface area (Å²) in [6.07, 6.45) is 0. The topological polar surface area (TPSA) is 52.4 Å². The zero-order chi connectivity index (χ0) is 14.7. The van der Waals surface area contributed by atoms with Crippen LogP contribution in [0.4, 0.5) is 10.1 Å². The molecule has 20 heavy (non-hydrogen) atoms. The molecule has 0 aliphatic heterocycles. The molecular weight excluding hydrogens is 285 g/mol. The summed E-state index contributed by atoms with van der Waals surface area (Å²) in [6.45, 7) is 1.78. The van der Waals surface area contributed by atoms with Gasteiger partial charge in [0.25, 0.3) is 0 Å². The number of hydrogen-bond acceptors (Lipinski definition) is 3. The van der Waals surface area contributed by atoms with E-state index >= 15 is 0 Å². The molecule has 4 nitrogen and oxygen atoms in total. The average Bonchev–Trinajstić information content (AvgIpc) is 2.43. The van der Waals surface area contributed by atoms with E-state index in [4.69, 9.17) is 16.3 Å². The van der Waals surface area contributed by atoms with Crippen molar-refractivity contribution in [2.45, 2.75) is 12.8 Å². The van der Waals surface area contributed by atoms with Crippen LogP contribution in [0.25, 0.3) is 0 Å². The number of nitro benzene ring substituents is 1. The summed E-state index contributed by atoms with van der Waals surface area (Å²) in [7, 11) is 0. The van der Waals surface area contributed by atoms with E-state index in [0.29, 0.717) is 5.56 Å². The molecule has 0 saturated heterocycles. The maximum atomic E-state index is 13.6. The third-order valence-corrected chi connectivity index (χ3v) is 2.99. The number of hydrogen-bond donors (Lipinski definition) is 0. The number of halogens is 2. The molecule has 2 rings (SSSR count). The van der Waals surface area contributed by atoms with Gasteiger partial charge in [-0.25, -0.2) is 4.39 Å². The molecule has 0 N–H and O–H groups in total. The fraction of sp³-hybridized carbons (Fsp3) is 0.143. The number of nitro groups is 1. The Morgan fingerprint density at radius 3 is 2.65 bits per heavy atom. The molecule has 0 saturated carbocycles. The second-order valence-electron chi connectivity index (χ2n) is 4.23. The maximum Gasteiger partial charge on any atom is 0.311 e. The molecular formula is C14H11ClFNO3. The number of ether oxygens (including phenoxy) is 1. The van der Waals surface area contributed by atoms with Gasteiger partial charge in [-0.3, -0.25) is 10.1 Å². The lowest BCUT2D eigenvalue weighted by molar-refractivity contribution is -0.385. The highest BCUT2D eigenvalue weighted by atomic mass is 35.5. The van der Waals surface area contributed by atoms with Gasteiger partial charge in [0.2, 0.25) is 5.75 Å². The lowest BCUT2D eigenvalue weighted by atomic mass is 10.2. The zero-order valence-electron chi connectivity index (χ0n) is 10.6. The Labute approximate surface area is 119 Å². The molecule has 0 aliphatic carbocycles. The van der Waals surface area contributed by atoms with Crippen LogP contribution in [0.5, 0.6) is 11.5 Å². The number of alkyl halides is 1. The number of rotatable bonds is 4. The Hall–Kier alpha value is -2.14.